The Kier molecular flexibility index (Phi) is 5.54. The highest BCUT2D eigenvalue weighted by molar-refractivity contribution is 14.1. The van der Waals surface area contributed by atoms with Crippen molar-refractivity contribution in [3.8, 4) is 5.75 Å². The van der Waals surface area contributed by atoms with E-state index in [4.69, 9.17) is 9.47 Å². The maximum atomic E-state index is 11.8. The van der Waals surface area contributed by atoms with Crippen molar-refractivity contribution in [2.75, 3.05) is 7.11 Å². The predicted molar refractivity (Wildman–Crippen MR) is 91.3 cm³/mol. The van der Waals surface area contributed by atoms with Crippen molar-refractivity contribution >= 4 is 34.3 Å². The molecule has 0 saturated heterocycles. The molecule has 0 aliphatic carbocycles. The van der Waals surface area contributed by atoms with E-state index in [1.54, 1.807) is 12.1 Å². The number of methoxy groups -OCH3 is 1. The second-order valence-corrected chi connectivity index (χ2v) is 5.81. The van der Waals surface area contributed by atoms with Crippen molar-refractivity contribution in [3.63, 3.8) is 0 Å². The van der Waals surface area contributed by atoms with Gasteiger partial charge in [0.15, 0.2) is 5.78 Å². The van der Waals surface area contributed by atoms with Crippen LogP contribution in [0.15, 0.2) is 42.5 Å². The minimum Gasteiger partial charge on any atom is -0.488 e. The molecule has 0 aromatic heterocycles. The Labute approximate surface area is 142 Å². The van der Waals surface area contributed by atoms with Crippen molar-refractivity contribution < 1.29 is 19.1 Å². The van der Waals surface area contributed by atoms with E-state index < -0.39 is 5.97 Å². The molecule has 0 heterocycles. The summed E-state index contributed by atoms with van der Waals surface area (Å²) in [5.74, 6) is -0.186. The SMILES string of the molecule is COC(=O)c1cc(OCc2ccccc2)c(I)cc1C(C)=O. The number of hydrogen-bond acceptors (Lipinski definition) is 4. The summed E-state index contributed by atoms with van der Waals surface area (Å²) >= 11 is 2.08. The molecule has 114 valence electrons. The molecule has 0 spiro atoms. The van der Waals surface area contributed by atoms with Crippen LogP contribution in [0.1, 0.15) is 33.2 Å². The average Bonchev–Trinajstić information content (AvgIpc) is 2.53. The highest BCUT2D eigenvalue weighted by Gasteiger charge is 2.18. The van der Waals surface area contributed by atoms with Gasteiger partial charge < -0.3 is 9.47 Å². The fourth-order valence-electron chi connectivity index (χ4n) is 1.97. The van der Waals surface area contributed by atoms with Crippen LogP contribution in [0.2, 0.25) is 0 Å². The van der Waals surface area contributed by atoms with Gasteiger partial charge in [0.2, 0.25) is 0 Å². The van der Waals surface area contributed by atoms with Gasteiger partial charge in [0.1, 0.15) is 12.4 Å². The van der Waals surface area contributed by atoms with Crippen molar-refractivity contribution in [3.05, 3.63) is 62.7 Å². The zero-order chi connectivity index (χ0) is 16.1. The number of rotatable bonds is 5. The molecule has 0 saturated carbocycles. The molecular weight excluding hydrogens is 395 g/mol. The molecule has 2 aromatic rings. The van der Waals surface area contributed by atoms with Crippen molar-refractivity contribution in [2.24, 2.45) is 0 Å². The first kappa shape index (κ1) is 16.5. The number of ether oxygens (including phenoxy) is 2. The van der Waals surface area contributed by atoms with Gasteiger partial charge in [-0.25, -0.2) is 4.79 Å². The molecule has 0 unspecified atom stereocenters. The van der Waals surface area contributed by atoms with Gasteiger partial charge in [-0.05, 0) is 47.2 Å². The van der Waals surface area contributed by atoms with Gasteiger partial charge in [-0.2, -0.15) is 0 Å². The van der Waals surface area contributed by atoms with Gasteiger partial charge in [0.25, 0.3) is 0 Å². The smallest absolute Gasteiger partial charge is 0.338 e. The largest absolute Gasteiger partial charge is 0.488 e. The summed E-state index contributed by atoms with van der Waals surface area (Å²) in [6.07, 6.45) is 0. The molecule has 0 bridgehead atoms. The van der Waals surface area contributed by atoms with Gasteiger partial charge in [-0.15, -0.1) is 0 Å². The highest BCUT2D eigenvalue weighted by atomic mass is 127. The lowest BCUT2D eigenvalue weighted by atomic mass is 10.0. The van der Waals surface area contributed by atoms with Gasteiger partial charge in [-0.3, -0.25) is 4.79 Å². The number of esters is 1. The Bertz CT molecular complexity index is 695. The topological polar surface area (TPSA) is 52.6 Å². The molecule has 0 aliphatic rings. The van der Waals surface area contributed by atoms with Gasteiger partial charge in [0.05, 0.1) is 16.2 Å². The van der Waals surface area contributed by atoms with E-state index in [0.717, 1.165) is 9.13 Å². The summed E-state index contributed by atoms with van der Waals surface area (Å²) in [5, 5.41) is 0. The lowest BCUT2D eigenvalue weighted by molar-refractivity contribution is 0.0596. The third-order valence-electron chi connectivity index (χ3n) is 3.09. The lowest BCUT2D eigenvalue weighted by Crippen LogP contribution is -2.10. The normalized spacial score (nSPS) is 10.1. The van der Waals surface area contributed by atoms with E-state index >= 15 is 0 Å². The first-order valence-electron chi connectivity index (χ1n) is 6.62. The summed E-state index contributed by atoms with van der Waals surface area (Å²) in [4.78, 5) is 23.5. The van der Waals surface area contributed by atoms with E-state index in [0.29, 0.717) is 17.9 Å². The van der Waals surface area contributed by atoms with Crippen LogP contribution in [-0.2, 0) is 11.3 Å². The Morgan fingerprint density at radius 1 is 1.09 bits per heavy atom. The zero-order valence-electron chi connectivity index (χ0n) is 12.3. The van der Waals surface area contributed by atoms with Crippen LogP contribution in [-0.4, -0.2) is 18.9 Å². The second-order valence-electron chi connectivity index (χ2n) is 4.65. The van der Waals surface area contributed by atoms with E-state index in [2.05, 4.69) is 22.6 Å². The quantitative estimate of drug-likeness (QED) is 0.427. The van der Waals surface area contributed by atoms with Crippen LogP contribution in [0.3, 0.4) is 0 Å². The van der Waals surface area contributed by atoms with Crippen molar-refractivity contribution in [2.45, 2.75) is 13.5 Å². The second kappa shape index (κ2) is 7.40. The van der Waals surface area contributed by atoms with E-state index in [1.807, 2.05) is 30.3 Å². The number of hydrogen-bond donors (Lipinski definition) is 0. The van der Waals surface area contributed by atoms with Crippen LogP contribution < -0.4 is 4.74 Å². The fraction of sp³-hybridized carbons (Fsp3) is 0.176. The maximum Gasteiger partial charge on any atom is 0.338 e. The predicted octanol–water partition coefficient (Wildman–Crippen LogP) is 3.86. The molecule has 5 heteroatoms. The Morgan fingerprint density at radius 3 is 2.36 bits per heavy atom. The van der Waals surface area contributed by atoms with Crippen LogP contribution in [0.5, 0.6) is 5.75 Å². The summed E-state index contributed by atoms with van der Waals surface area (Å²) in [7, 11) is 1.29. The van der Waals surface area contributed by atoms with Gasteiger partial charge >= 0.3 is 5.97 Å². The van der Waals surface area contributed by atoms with Crippen LogP contribution in [0.4, 0.5) is 0 Å². The third kappa shape index (κ3) is 3.85. The first-order valence-corrected chi connectivity index (χ1v) is 7.70. The molecule has 4 nitrogen and oxygen atoms in total. The fourth-order valence-corrected chi connectivity index (χ4v) is 2.59. The zero-order valence-corrected chi connectivity index (χ0v) is 14.4. The van der Waals surface area contributed by atoms with Crippen LogP contribution in [0, 0.1) is 3.57 Å². The van der Waals surface area contributed by atoms with Crippen molar-refractivity contribution in [1.82, 2.24) is 0 Å². The monoisotopic (exact) mass is 410 g/mol. The molecule has 0 radical (unpaired) electrons. The van der Waals surface area contributed by atoms with Gasteiger partial charge in [0, 0.05) is 5.56 Å². The number of benzene rings is 2. The molecule has 0 amide bonds. The van der Waals surface area contributed by atoms with Gasteiger partial charge in [-0.1, -0.05) is 30.3 Å². The number of carbonyl (C=O) groups is 2. The summed E-state index contributed by atoms with van der Waals surface area (Å²) < 4.78 is 11.3. The number of halogens is 1. The molecule has 2 aromatic carbocycles. The Morgan fingerprint density at radius 2 is 1.77 bits per heavy atom. The van der Waals surface area contributed by atoms with Crippen molar-refractivity contribution in [1.29, 1.82) is 0 Å². The molecule has 0 aliphatic heterocycles. The number of ketones is 1. The minimum atomic E-state index is -0.550. The van der Waals surface area contributed by atoms with E-state index in [1.165, 1.54) is 14.0 Å². The van der Waals surface area contributed by atoms with E-state index in [9.17, 15) is 9.59 Å². The average molecular weight is 410 g/mol. The molecule has 0 fully saturated rings. The van der Waals surface area contributed by atoms with E-state index in [-0.39, 0.29) is 11.3 Å². The standard InChI is InChI=1S/C17H15IO4/c1-11(19)13-8-15(18)16(9-14(13)17(20)21-2)22-10-12-6-4-3-5-7-12/h3-9H,10H2,1-2H3. The highest BCUT2D eigenvalue weighted by Crippen LogP contribution is 2.27. The lowest BCUT2D eigenvalue weighted by Gasteiger charge is -2.12. The summed E-state index contributed by atoms with van der Waals surface area (Å²) in [6, 6.07) is 12.9. The summed E-state index contributed by atoms with van der Waals surface area (Å²) in [6.45, 7) is 1.80. The Balaban J connectivity index is 2.32. The molecule has 0 atom stereocenters. The molecular formula is C17H15IO4. The van der Waals surface area contributed by atoms with Crippen LogP contribution >= 0.6 is 22.6 Å². The Hall–Kier alpha value is -1.89. The summed E-state index contributed by atoms with van der Waals surface area (Å²) in [5.41, 5.74) is 1.58. The molecule has 2 rings (SSSR count). The maximum absolute atomic E-state index is 11.8. The molecule has 0 N–H and O–H groups in total. The third-order valence-corrected chi connectivity index (χ3v) is 3.94. The first-order chi connectivity index (χ1) is 10.5. The van der Waals surface area contributed by atoms with Crippen LogP contribution in [0.25, 0.3) is 0 Å². The number of Topliss-reactive ketones (excluding diaryl/α,β-unsaturated/α-hetero) is 1. The molecule has 22 heavy (non-hydrogen) atoms. The number of carbonyl (C=O) groups excluding carboxylic acids is 2. The minimum absolute atomic E-state index is 0.187.